The summed E-state index contributed by atoms with van der Waals surface area (Å²) < 4.78 is 4.97. The van der Waals surface area contributed by atoms with E-state index in [9.17, 15) is 4.79 Å². The number of Topliss-reactive ketones (excluding diaryl/α,β-unsaturated/α-hetero) is 1. The van der Waals surface area contributed by atoms with Crippen molar-refractivity contribution >= 4 is 17.4 Å². The number of carbonyl (C=O) groups is 1. The summed E-state index contributed by atoms with van der Waals surface area (Å²) in [7, 11) is 0. The summed E-state index contributed by atoms with van der Waals surface area (Å²) in [5.41, 5.74) is -0.220. The monoisotopic (exact) mass is 162 g/mol. The quantitative estimate of drug-likeness (QED) is 0.584. The third-order valence-corrected chi connectivity index (χ3v) is 2.39. The predicted molar refractivity (Wildman–Crippen MR) is 39.3 cm³/mol. The molecular formula is C7H11ClO2. The molecule has 0 N–H and O–H groups in total. The number of hydrogen-bond acceptors (Lipinski definition) is 2. The van der Waals surface area contributed by atoms with Gasteiger partial charge in [0, 0.05) is 0 Å². The Morgan fingerprint density at radius 1 is 1.70 bits per heavy atom. The van der Waals surface area contributed by atoms with Crippen LogP contribution in [-0.4, -0.2) is 24.9 Å². The minimum Gasteiger partial charge on any atom is -0.379 e. The van der Waals surface area contributed by atoms with E-state index in [1.54, 1.807) is 0 Å². The number of rotatable bonds is 3. The fourth-order valence-electron chi connectivity index (χ4n) is 1.05. The number of hydrogen-bond donors (Lipinski definition) is 0. The predicted octanol–water partition coefficient (Wildman–Crippen LogP) is 1.22. The highest BCUT2D eigenvalue weighted by atomic mass is 35.5. The smallest absolute Gasteiger partial charge is 0.158 e. The van der Waals surface area contributed by atoms with E-state index in [0.29, 0.717) is 13.2 Å². The van der Waals surface area contributed by atoms with Gasteiger partial charge in [0.05, 0.1) is 24.5 Å². The molecule has 0 aromatic carbocycles. The third-order valence-electron chi connectivity index (χ3n) is 2.15. The van der Waals surface area contributed by atoms with E-state index in [-0.39, 0.29) is 17.1 Å². The van der Waals surface area contributed by atoms with Gasteiger partial charge in [-0.3, -0.25) is 4.79 Å². The fraction of sp³-hybridized carbons (Fsp3) is 0.857. The Kier molecular flexibility index (Phi) is 2.32. The van der Waals surface area contributed by atoms with Crippen LogP contribution in [0.5, 0.6) is 0 Å². The lowest BCUT2D eigenvalue weighted by Crippen LogP contribution is -2.49. The minimum absolute atomic E-state index is 0.122. The molecule has 0 aromatic heterocycles. The lowest BCUT2D eigenvalue weighted by molar-refractivity contribution is -0.157. The Labute approximate surface area is 65.5 Å². The van der Waals surface area contributed by atoms with E-state index in [1.807, 2.05) is 6.92 Å². The molecule has 0 saturated carbocycles. The van der Waals surface area contributed by atoms with Gasteiger partial charge in [0.1, 0.15) is 0 Å². The first-order chi connectivity index (χ1) is 4.75. The maximum Gasteiger partial charge on any atom is 0.158 e. The zero-order valence-electron chi connectivity index (χ0n) is 6.02. The van der Waals surface area contributed by atoms with Crippen LogP contribution in [0.15, 0.2) is 0 Å². The highest BCUT2D eigenvalue weighted by Gasteiger charge is 2.42. The van der Waals surface area contributed by atoms with E-state index in [0.717, 1.165) is 6.42 Å². The summed E-state index contributed by atoms with van der Waals surface area (Å²) in [5, 5.41) is 0. The Balaban J connectivity index is 2.55. The molecule has 3 heteroatoms. The molecule has 58 valence electrons. The van der Waals surface area contributed by atoms with Gasteiger partial charge in [-0.05, 0) is 6.42 Å². The number of ether oxygens (including phenoxy) is 1. The standard InChI is InChI=1S/C7H11ClO2/c1-2-7(4-10-5-7)6(9)3-8/h2-5H2,1H3. The minimum atomic E-state index is -0.220. The first kappa shape index (κ1) is 8.02. The second-order valence-corrected chi connectivity index (χ2v) is 2.95. The maximum absolute atomic E-state index is 11.1. The Morgan fingerprint density at radius 2 is 2.30 bits per heavy atom. The van der Waals surface area contributed by atoms with Gasteiger partial charge >= 0.3 is 0 Å². The molecule has 2 nitrogen and oxygen atoms in total. The van der Waals surface area contributed by atoms with E-state index < -0.39 is 0 Å². The average Bonchev–Trinajstić information content (AvgIpc) is 1.86. The Morgan fingerprint density at radius 3 is 2.40 bits per heavy atom. The fourth-order valence-corrected chi connectivity index (χ4v) is 1.34. The molecule has 1 saturated heterocycles. The number of alkyl halides is 1. The van der Waals surface area contributed by atoms with E-state index in [1.165, 1.54) is 0 Å². The van der Waals surface area contributed by atoms with Crippen molar-refractivity contribution in [2.75, 3.05) is 19.1 Å². The van der Waals surface area contributed by atoms with Crippen molar-refractivity contribution < 1.29 is 9.53 Å². The molecule has 0 aliphatic carbocycles. The zero-order chi connectivity index (χ0) is 7.61. The van der Waals surface area contributed by atoms with Crippen LogP contribution in [0.25, 0.3) is 0 Å². The summed E-state index contributed by atoms with van der Waals surface area (Å²) >= 11 is 5.42. The van der Waals surface area contributed by atoms with Crippen molar-refractivity contribution in [3.63, 3.8) is 0 Å². The summed E-state index contributed by atoms with van der Waals surface area (Å²) in [6, 6.07) is 0. The molecule has 0 aromatic rings. The Bertz CT molecular complexity index is 135. The molecule has 0 atom stereocenters. The van der Waals surface area contributed by atoms with Crippen LogP contribution in [0, 0.1) is 5.41 Å². The molecule has 0 bridgehead atoms. The van der Waals surface area contributed by atoms with Gasteiger partial charge in [0.25, 0.3) is 0 Å². The molecular weight excluding hydrogens is 152 g/mol. The molecule has 0 unspecified atom stereocenters. The molecule has 1 rings (SSSR count). The number of carbonyl (C=O) groups excluding carboxylic acids is 1. The van der Waals surface area contributed by atoms with Crippen LogP contribution in [0.3, 0.4) is 0 Å². The van der Waals surface area contributed by atoms with Gasteiger partial charge in [-0.25, -0.2) is 0 Å². The lowest BCUT2D eigenvalue weighted by Gasteiger charge is -2.38. The first-order valence-electron chi connectivity index (χ1n) is 3.42. The van der Waals surface area contributed by atoms with Gasteiger partial charge in [0.2, 0.25) is 0 Å². The molecule has 0 amide bonds. The highest BCUT2D eigenvalue weighted by Crippen LogP contribution is 2.32. The van der Waals surface area contributed by atoms with Gasteiger partial charge in [-0.15, -0.1) is 11.6 Å². The maximum atomic E-state index is 11.1. The average molecular weight is 163 g/mol. The molecule has 1 aliphatic rings. The number of ketones is 1. The van der Waals surface area contributed by atoms with Crippen LogP contribution in [-0.2, 0) is 9.53 Å². The molecule has 10 heavy (non-hydrogen) atoms. The van der Waals surface area contributed by atoms with Crippen molar-refractivity contribution in [2.45, 2.75) is 13.3 Å². The second-order valence-electron chi connectivity index (χ2n) is 2.68. The van der Waals surface area contributed by atoms with Crippen molar-refractivity contribution in [1.82, 2.24) is 0 Å². The topological polar surface area (TPSA) is 26.3 Å². The molecule has 0 radical (unpaired) electrons. The summed E-state index contributed by atoms with van der Waals surface area (Å²) in [6.45, 7) is 3.12. The summed E-state index contributed by atoms with van der Waals surface area (Å²) in [4.78, 5) is 11.1. The summed E-state index contributed by atoms with van der Waals surface area (Å²) in [5.74, 6) is 0.250. The lowest BCUT2D eigenvalue weighted by atomic mass is 9.79. The van der Waals surface area contributed by atoms with Crippen LogP contribution in [0.2, 0.25) is 0 Å². The van der Waals surface area contributed by atoms with Crippen molar-refractivity contribution in [2.24, 2.45) is 5.41 Å². The molecule has 1 fully saturated rings. The van der Waals surface area contributed by atoms with Gasteiger partial charge in [0.15, 0.2) is 5.78 Å². The SMILES string of the molecule is CCC1(C(=O)CCl)COC1. The molecule has 1 heterocycles. The van der Waals surface area contributed by atoms with Crippen LogP contribution < -0.4 is 0 Å². The van der Waals surface area contributed by atoms with Crippen LogP contribution in [0.1, 0.15) is 13.3 Å². The van der Waals surface area contributed by atoms with Crippen molar-refractivity contribution in [3.8, 4) is 0 Å². The van der Waals surface area contributed by atoms with Crippen LogP contribution >= 0.6 is 11.6 Å². The normalized spacial score (nSPS) is 21.8. The summed E-state index contributed by atoms with van der Waals surface area (Å²) in [6.07, 6.45) is 0.846. The van der Waals surface area contributed by atoms with E-state index in [2.05, 4.69) is 0 Å². The van der Waals surface area contributed by atoms with Crippen molar-refractivity contribution in [3.05, 3.63) is 0 Å². The Hall–Kier alpha value is -0.0800. The van der Waals surface area contributed by atoms with E-state index in [4.69, 9.17) is 16.3 Å². The highest BCUT2D eigenvalue weighted by molar-refractivity contribution is 6.28. The third kappa shape index (κ3) is 1.06. The largest absolute Gasteiger partial charge is 0.379 e. The zero-order valence-corrected chi connectivity index (χ0v) is 6.78. The van der Waals surface area contributed by atoms with E-state index >= 15 is 0 Å². The van der Waals surface area contributed by atoms with Gasteiger partial charge in [-0.2, -0.15) is 0 Å². The van der Waals surface area contributed by atoms with Crippen LogP contribution in [0.4, 0.5) is 0 Å². The first-order valence-corrected chi connectivity index (χ1v) is 3.95. The molecule has 0 spiro atoms. The van der Waals surface area contributed by atoms with Gasteiger partial charge in [-0.1, -0.05) is 6.92 Å². The van der Waals surface area contributed by atoms with Gasteiger partial charge < -0.3 is 4.74 Å². The molecule has 1 aliphatic heterocycles. The second kappa shape index (κ2) is 2.89. The number of halogens is 1. The van der Waals surface area contributed by atoms with Crippen molar-refractivity contribution in [1.29, 1.82) is 0 Å².